The van der Waals surface area contributed by atoms with E-state index in [0.29, 0.717) is 6.04 Å². The van der Waals surface area contributed by atoms with E-state index in [1.165, 1.54) is 5.56 Å². The van der Waals surface area contributed by atoms with Gasteiger partial charge in [-0.1, -0.05) is 6.07 Å². The molecule has 0 aliphatic carbocycles. The molecule has 1 aromatic rings. The molecule has 0 saturated carbocycles. The normalized spacial score (nSPS) is 13.8. The summed E-state index contributed by atoms with van der Waals surface area (Å²) in [6, 6.07) is 6.37. The van der Waals surface area contributed by atoms with Crippen LogP contribution in [0.1, 0.15) is 18.9 Å². The van der Waals surface area contributed by atoms with Gasteiger partial charge in [0.25, 0.3) is 0 Å². The van der Waals surface area contributed by atoms with Crippen LogP contribution in [-0.4, -0.2) is 43.0 Å². The number of rotatable bonds is 9. The number of nitrogens with one attached hydrogen (secondary N) is 1. The Balaban J connectivity index is 2.45. The summed E-state index contributed by atoms with van der Waals surface area (Å²) >= 11 is 0. The van der Waals surface area contributed by atoms with Crippen molar-refractivity contribution in [2.75, 3.05) is 32.8 Å². The van der Waals surface area contributed by atoms with Crippen molar-refractivity contribution in [1.82, 2.24) is 5.32 Å². The molecule has 114 valence electrons. The van der Waals surface area contributed by atoms with Crippen molar-refractivity contribution in [3.8, 4) is 11.5 Å². The molecular weight excluding hydrogens is 274 g/mol. The highest BCUT2D eigenvalue weighted by Crippen LogP contribution is 2.27. The largest absolute Gasteiger partial charge is 0.493 e. The Hall–Kier alpha value is -1.07. The molecule has 0 amide bonds. The van der Waals surface area contributed by atoms with Gasteiger partial charge in [-0.05, 0) is 44.0 Å². The Bertz CT molecular complexity index is 437. The summed E-state index contributed by atoms with van der Waals surface area (Å²) in [6.45, 7) is 3.05. The van der Waals surface area contributed by atoms with E-state index in [-0.39, 0.29) is 0 Å². The van der Waals surface area contributed by atoms with Crippen LogP contribution < -0.4 is 14.8 Å². The minimum atomic E-state index is -0.697. The average molecular weight is 299 g/mol. The Morgan fingerprint density at radius 2 is 1.95 bits per heavy atom. The van der Waals surface area contributed by atoms with Crippen LogP contribution in [0, 0.1) is 0 Å². The molecule has 1 N–H and O–H groups in total. The molecule has 0 bridgehead atoms. The number of ether oxygens (including phenoxy) is 2. The molecule has 0 heterocycles. The summed E-state index contributed by atoms with van der Waals surface area (Å²) in [4.78, 5) is 0. The van der Waals surface area contributed by atoms with Gasteiger partial charge in [0.15, 0.2) is 11.5 Å². The van der Waals surface area contributed by atoms with E-state index in [1.54, 1.807) is 20.5 Å². The third-order valence-corrected chi connectivity index (χ3v) is 3.95. The Morgan fingerprint density at radius 3 is 2.55 bits per heavy atom. The summed E-state index contributed by atoms with van der Waals surface area (Å²) in [5.41, 5.74) is 1.21. The third-order valence-electron chi connectivity index (χ3n) is 3.09. The third kappa shape index (κ3) is 5.92. The van der Waals surface area contributed by atoms with Gasteiger partial charge in [-0.2, -0.15) is 0 Å². The fraction of sp³-hybridized carbons (Fsp3) is 0.600. The molecule has 0 aromatic heterocycles. The van der Waals surface area contributed by atoms with Crippen molar-refractivity contribution in [1.29, 1.82) is 0 Å². The molecule has 0 spiro atoms. The van der Waals surface area contributed by atoms with Crippen LogP contribution in [0.25, 0.3) is 0 Å². The van der Waals surface area contributed by atoms with Crippen LogP contribution in [0.2, 0.25) is 0 Å². The zero-order valence-corrected chi connectivity index (χ0v) is 13.6. The molecule has 0 aliphatic heterocycles. The van der Waals surface area contributed by atoms with Crippen molar-refractivity contribution in [2.24, 2.45) is 0 Å². The summed E-state index contributed by atoms with van der Waals surface area (Å²) in [7, 11) is 2.59. The van der Waals surface area contributed by atoms with Crippen molar-refractivity contribution < 1.29 is 13.7 Å². The maximum absolute atomic E-state index is 11.0. The van der Waals surface area contributed by atoms with E-state index in [0.717, 1.165) is 36.6 Å². The van der Waals surface area contributed by atoms with E-state index in [9.17, 15) is 4.21 Å². The van der Waals surface area contributed by atoms with E-state index in [4.69, 9.17) is 9.47 Å². The zero-order chi connectivity index (χ0) is 15.0. The summed E-state index contributed by atoms with van der Waals surface area (Å²) < 4.78 is 21.5. The van der Waals surface area contributed by atoms with E-state index in [2.05, 4.69) is 18.3 Å². The highest BCUT2D eigenvalue weighted by atomic mass is 32.2. The molecule has 0 aliphatic rings. The molecule has 0 saturated heterocycles. The summed E-state index contributed by atoms with van der Waals surface area (Å²) in [6.07, 6.45) is 3.61. The standard InChI is InChI=1S/C15H25NO3S/c1-12(16-8-5-9-20(4)17)10-13-6-7-14(18-2)15(11-13)19-3/h6-7,11-12,16H,5,8-10H2,1-4H3. The van der Waals surface area contributed by atoms with Gasteiger partial charge in [-0.15, -0.1) is 0 Å². The predicted octanol–water partition coefficient (Wildman–Crippen LogP) is 1.99. The van der Waals surface area contributed by atoms with Crippen LogP contribution >= 0.6 is 0 Å². The number of hydrogen-bond acceptors (Lipinski definition) is 4. The lowest BCUT2D eigenvalue weighted by atomic mass is 10.1. The predicted molar refractivity (Wildman–Crippen MR) is 84.3 cm³/mol. The molecule has 2 unspecified atom stereocenters. The number of methoxy groups -OCH3 is 2. The minimum absolute atomic E-state index is 0.374. The van der Waals surface area contributed by atoms with Crippen molar-refractivity contribution in [3.05, 3.63) is 23.8 Å². The first kappa shape index (κ1) is 17.0. The monoisotopic (exact) mass is 299 g/mol. The highest BCUT2D eigenvalue weighted by Gasteiger charge is 2.07. The molecule has 1 rings (SSSR count). The van der Waals surface area contributed by atoms with Gasteiger partial charge in [-0.3, -0.25) is 4.21 Å². The lowest BCUT2D eigenvalue weighted by Crippen LogP contribution is -2.29. The number of hydrogen-bond donors (Lipinski definition) is 1. The number of benzene rings is 1. The summed E-state index contributed by atoms with van der Waals surface area (Å²) in [5.74, 6) is 2.27. The van der Waals surface area contributed by atoms with Gasteiger partial charge >= 0.3 is 0 Å². The minimum Gasteiger partial charge on any atom is -0.493 e. The molecule has 0 fully saturated rings. The molecular formula is C15H25NO3S. The van der Waals surface area contributed by atoms with Gasteiger partial charge in [0.1, 0.15) is 0 Å². The van der Waals surface area contributed by atoms with Crippen molar-refractivity contribution in [2.45, 2.75) is 25.8 Å². The fourth-order valence-electron chi connectivity index (χ4n) is 2.06. The molecule has 5 heteroatoms. The van der Waals surface area contributed by atoms with Gasteiger partial charge < -0.3 is 14.8 Å². The maximum atomic E-state index is 11.0. The first-order chi connectivity index (χ1) is 9.56. The maximum Gasteiger partial charge on any atom is 0.160 e. The van der Waals surface area contributed by atoms with Crippen LogP contribution in [0.15, 0.2) is 18.2 Å². The van der Waals surface area contributed by atoms with Crippen LogP contribution in [-0.2, 0) is 17.2 Å². The van der Waals surface area contributed by atoms with Gasteiger partial charge in [0.2, 0.25) is 0 Å². The Labute approximate surface area is 124 Å². The summed E-state index contributed by atoms with van der Waals surface area (Å²) in [5, 5.41) is 3.45. The van der Waals surface area contributed by atoms with E-state index >= 15 is 0 Å². The Morgan fingerprint density at radius 1 is 1.25 bits per heavy atom. The SMILES string of the molecule is COc1ccc(CC(C)NCCCS(C)=O)cc1OC. The molecule has 2 atom stereocenters. The van der Waals surface area contributed by atoms with Crippen LogP contribution in [0.3, 0.4) is 0 Å². The molecule has 4 nitrogen and oxygen atoms in total. The van der Waals surface area contributed by atoms with E-state index in [1.807, 2.05) is 12.1 Å². The lowest BCUT2D eigenvalue weighted by molar-refractivity contribution is 0.354. The molecule has 20 heavy (non-hydrogen) atoms. The highest BCUT2D eigenvalue weighted by molar-refractivity contribution is 7.84. The second kappa shape index (κ2) is 8.97. The van der Waals surface area contributed by atoms with Crippen molar-refractivity contribution in [3.63, 3.8) is 0 Å². The average Bonchev–Trinajstić information content (AvgIpc) is 2.43. The van der Waals surface area contributed by atoms with E-state index < -0.39 is 10.8 Å². The molecule has 0 radical (unpaired) electrons. The topological polar surface area (TPSA) is 47.6 Å². The lowest BCUT2D eigenvalue weighted by Gasteiger charge is -2.15. The van der Waals surface area contributed by atoms with Gasteiger partial charge in [0, 0.05) is 28.9 Å². The van der Waals surface area contributed by atoms with Gasteiger partial charge in [-0.25, -0.2) is 0 Å². The Kier molecular flexibility index (Phi) is 7.62. The quantitative estimate of drug-likeness (QED) is 0.709. The second-order valence-electron chi connectivity index (χ2n) is 4.88. The van der Waals surface area contributed by atoms with Crippen LogP contribution in [0.4, 0.5) is 0 Å². The van der Waals surface area contributed by atoms with Crippen LogP contribution in [0.5, 0.6) is 11.5 Å². The van der Waals surface area contributed by atoms with Crippen molar-refractivity contribution >= 4 is 10.8 Å². The fourth-order valence-corrected chi connectivity index (χ4v) is 2.61. The first-order valence-corrected chi connectivity index (χ1v) is 8.53. The smallest absolute Gasteiger partial charge is 0.160 e. The second-order valence-corrected chi connectivity index (χ2v) is 6.43. The molecule has 1 aromatic carbocycles. The zero-order valence-electron chi connectivity index (χ0n) is 12.8. The van der Waals surface area contributed by atoms with Gasteiger partial charge in [0.05, 0.1) is 14.2 Å². The first-order valence-electron chi connectivity index (χ1n) is 6.81.